The summed E-state index contributed by atoms with van der Waals surface area (Å²) in [4.78, 5) is 11.0. The molecule has 1 aliphatic heterocycles. The Balaban J connectivity index is 2.09. The van der Waals surface area contributed by atoms with Gasteiger partial charge in [-0.05, 0) is 32.0 Å². The Hall–Kier alpha value is -2.23. The number of benzene rings is 1. The number of rotatable bonds is 2. The Morgan fingerprint density at radius 2 is 1.85 bits per heavy atom. The van der Waals surface area contributed by atoms with Crippen LogP contribution in [0, 0.1) is 13.8 Å². The highest BCUT2D eigenvalue weighted by Gasteiger charge is 2.14. The molecule has 1 aromatic carbocycles. The standard InChI is InChI=1S/C16H17NO3/c1-11-8-13(10-18)12(2)17(11)14-4-5-15-16(9-14)20-7-3-6-19-15/h4-5,8-10H,3,6-7H2,1-2H3. The lowest BCUT2D eigenvalue weighted by Crippen LogP contribution is -2.01. The number of carbonyl (C=O) groups excluding carboxylic acids is 1. The molecule has 0 amide bonds. The molecule has 4 heteroatoms. The number of hydrogen-bond acceptors (Lipinski definition) is 3. The molecule has 0 aliphatic carbocycles. The lowest BCUT2D eigenvalue weighted by Gasteiger charge is -2.13. The van der Waals surface area contributed by atoms with Crippen molar-refractivity contribution in [1.82, 2.24) is 4.57 Å². The summed E-state index contributed by atoms with van der Waals surface area (Å²) in [6.07, 6.45) is 1.78. The minimum absolute atomic E-state index is 0.666. The van der Waals surface area contributed by atoms with Crippen LogP contribution in [0.1, 0.15) is 28.2 Å². The Labute approximate surface area is 117 Å². The summed E-state index contributed by atoms with van der Waals surface area (Å²) in [6.45, 7) is 5.28. The third kappa shape index (κ3) is 2.07. The van der Waals surface area contributed by atoms with E-state index in [4.69, 9.17) is 9.47 Å². The Morgan fingerprint density at radius 3 is 2.55 bits per heavy atom. The minimum atomic E-state index is 0.666. The Morgan fingerprint density at radius 1 is 1.10 bits per heavy atom. The zero-order chi connectivity index (χ0) is 14.1. The van der Waals surface area contributed by atoms with Gasteiger partial charge < -0.3 is 14.0 Å². The number of nitrogens with zero attached hydrogens (tertiary/aromatic N) is 1. The van der Waals surface area contributed by atoms with E-state index in [1.807, 2.05) is 38.1 Å². The van der Waals surface area contributed by atoms with Crippen molar-refractivity contribution in [1.29, 1.82) is 0 Å². The van der Waals surface area contributed by atoms with E-state index < -0.39 is 0 Å². The molecular formula is C16H17NO3. The average molecular weight is 271 g/mol. The minimum Gasteiger partial charge on any atom is -0.490 e. The molecule has 2 heterocycles. The van der Waals surface area contributed by atoms with Gasteiger partial charge in [-0.15, -0.1) is 0 Å². The van der Waals surface area contributed by atoms with Gasteiger partial charge in [-0.1, -0.05) is 0 Å². The molecule has 1 aliphatic rings. The zero-order valence-electron chi connectivity index (χ0n) is 11.7. The fraction of sp³-hybridized carbons (Fsp3) is 0.312. The summed E-state index contributed by atoms with van der Waals surface area (Å²) >= 11 is 0. The zero-order valence-corrected chi connectivity index (χ0v) is 11.7. The lowest BCUT2D eigenvalue weighted by molar-refractivity contribution is 0.112. The first kappa shape index (κ1) is 12.8. The van der Waals surface area contributed by atoms with E-state index in [-0.39, 0.29) is 0 Å². The molecule has 0 N–H and O–H groups in total. The summed E-state index contributed by atoms with van der Waals surface area (Å²) in [5.41, 5.74) is 3.66. The van der Waals surface area contributed by atoms with Gasteiger partial charge in [0.25, 0.3) is 0 Å². The van der Waals surface area contributed by atoms with Crippen molar-refractivity contribution in [3.63, 3.8) is 0 Å². The third-order valence-corrected chi connectivity index (χ3v) is 3.59. The molecular weight excluding hydrogens is 254 g/mol. The largest absolute Gasteiger partial charge is 0.490 e. The normalized spacial score (nSPS) is 13.9. The summed E-state index contributed by atoms with van der Waals surface area (Å²) < 4.78 is 13.4. The average Bonchev–Trinajstić information content (AvgIpc) is 2.64. The van der Waals surface area contributed by atoms with Gasteiger partial charge in [0.1, 0.15) is 0 Å². The van der Waals surface area contributed by atoms with E-state index in [0.717, 1.165) is 46.8 Å². The molecule has 4 nitrogen and oxygen atoms in total. The highest BCUT2D eigenvalue weighted by molar-refractivity contribution is 5.77. The van der Waals surface area contributed by atoms with Crippen LogP contribution in [0.2, 0.25) is 0 Å². The van der Waals surface area contributed by atoms with Crippen LogP contribution in [-0.4, -0.2) is 24.1 Å². The molecule has 0 atom stereocenters. The SMILES string of the molecule is Cc1cc(C=O)c(C)n1-c1ccc2c(c1)OCCCO2. The summed E-state index contributed by atoms with van der Waals surface area (Å²) in [5.74, 6) is 1.55. The van der Waals surface area contributed by atoms with Crippen molar-refractivity contribution < 1.29 is 14.3 Å². The molecule has 3 rings (SSSR count). The molecule has 104 valence electrons. The molecule has 0 bridgehead atoms. The molecule has 0 spiro atoms. The van der Waals surface area contributed by atoms with Gasteiger partial charge in [0, 0.05) is 35.1 Å². The summed E-state index contributed by atoms with van der Waals surface area (Å²) in [5, 5.41) is 0. The van der Waals surface area contributed by atoms with Crippen molar-refractivity contribution in [2.24, 2.45) is 0 Å². The second-order valence-corrected chi connectivity index (χ2v) is 4.96. The maximum atomic E-state index is 11.0. The van der Waals surface area contributed by atoms with Gasteiger partial charge in [-0.2, -0.15) is 0 Å². The van der Waals surface area contributed by atoms with Crippen molar-refractivity contribution in [3.8, 4) is 17.2 Å². The molecule has 0 radical (unpaired) electrons. The van der Waals surface area contributed by atoms with Crippen LogP contribution in [-0.2, 0) is 0 Å². The fourth-order valence-electron chi connectivity index (χ4n) is 2.60. The maximum absolute atomic E-state index is 11.0. The van der Waals surface area contributed by atoms with Gasteiger partial charge in [-0.25, -0.2) is 0 Å². The van der Waals surface area contributed by atoms with Crippen LogP contribution in [0.15, 0.2) is 24.3 Å². The van der Waals surface area contributed by atoms with E-state index in [2.05, 4.69) is 4.57 Å². The van der Waals surface area contributed by atoms with Gasteiger partial charge in [-0.3, -0.25) is 4.79 Å². The number of aldehydes is 1. The molecule has 0 saturated heterocycles. The molecule has 0 fully saturated rings. The first-order valence-corrected chi connectivity index (χ1v) is 6.75. The predicted octanol–water partition coefficient (Wildman–Crippen LogP) is 3.07. The molecule has 0 unspecified atom stereocenters. The van der Waals surface area contributed by atoms with Gasteiger partial charge in [0.15, 0.2) is 17.8 Å². The smallest absolute Gasteiger partial charge is 0.163 e. The van der Waals surface area contributed by atoms with Gasteiger partial charge in [0.2, 0.25) is 0 Å². The van der Waals surface area contributed by atoms with Crippen LogP contribution in [0.3, 0.4) is 0 Å². The lowest BCUT2D eigenvalue weighted by atomic mass is 10.2. The monoisotopic (exact) mass is 271 g/mol. The van der Waals surface area contributed by atoms with Gasteiger partial charge in [0.05, 0.1) is 13.2 Å². The maximum Gasteiger partial charge on any atom is 0.163 e. The molecule has 2 aromatic rings. The van der Waals surface area contributed by atoms with E-state index in [1.54, 1.807) is 0 Å². The van der Waals surface area contributed by atoms with E-state index in [1.165, 1.54) is 0 Å². The van der Waals surface area contributed by atoms with Crippen LogP contribution < -0.4 is 9.47 Å². The predicted molar refractivity (Wildman–Crippen MR) is 76.2 cm³/mol. The quantitative estimate of drug-likeness (QED) is 0.788. The number of hydrogen-bond donors (Lipinski definition) is 0. The Kier molecular flexibility index (Phi) is 3.22. The Bertz CT molecular complexity index is 658. The molecule has 20 heavy (non-hydrogen) atoms. The number of aryl methyl sites for hydroxylation is 1. The first-order chi connectivity index (χ1) is 9.70. The number of aromatic nitrogens is 1. The highest BCUT2D eigenvalue weighted by atomic mass is 16.5. The number of ether oxygens (including phenoxy) is 2. The third-order valence-electron chi connectivity index (χ3n) is 3.59. The van der Waals surface area contributed by atoms with E-state index in [9.17, 15) is 4.79 Å². The van der Waals surface area contributed by atoms with Crippen molar-refractivity contribution >= 4 is 6.29 Å². The number of carbonyl (C=O) groups is 1. The molecule has 1 aromatic heterocycles. The van der Waals surface area contributed by atoms with Crippen LogP contribution >= 0.6 is 0 Å². The van der Waals surface area contributed by atoms with Crippen LogP contribution in [0.5, 0.6) is 11.5 Å². The topological polar surface area (TPSA) is 40.5 Å². The van der Waals surface area contributed by atoms with Crippen molar-refractivity contribution in [3.05, 3.63) is 41.2 Å². The van der Waals surface area contributed by atoms with Crippen LogP contribution in [0.4, 0.5) is 0 Å². The van der Waals surface area contributed by atoms with Crippen molar-refractivity contribution in [2.45, 2.75) is 20.3 Å². The highest BCUT2D eigenvalue weighted by Crippen LogP contribution is 2.33. The first-order valence-electron chi connectivity index (χ1n) is 6.75. The molecule has 0 saturated carbocycles. The van der Waals surface area contributed by atoms with Crippen LogP contribution in [0.25, 0.3) is 5.69 Å². The van der Waals surface area contributed by atoms with Crippen molar-refractivity contribution in [2.75, 3.05) is 13.2 Å². The second-order valence-electron chi connectivity index (χ2n) is 4.96. The number of fused-ring (bicyclic) bond motifs is 1. The second kappa shape index (κ2) is 5.04. The van der Waals surface area contributed by atoms with Gasteiger partial charge >= 0.3 is 0 Å². The summed E-state index contributed by atoms with van der Waals surface area (Å²) in [6, 6.07) is 7.78. The fourth-order valence-corrected chi connectivity index (χ4v) is 2.60. The van der Waals surface area contributed by atoms with E-state index >= 15 is 0 Å². The summed E-state index contributed by atoms with van der Waals surface area (Å²) in [7, 11) is 0. The van der Waals surface area contributed by atoms with E-state index in [0.29, 0.717) is 13.2 Å².